The lowest BCUT2D eigenvalue weighted by Gasteiger charge is -2.11. The third-order valence-electron chi connectivity index (χ3n) is 2.28. The lowest BCUT2D eigenvalue weighted by Crippen LogP contribution is -1.98. The molecule has 88 valence electrons. The summed E-state index contributed by atoms with van der Waals surface area (Å²) in [4.78, 5) is 0. The summed E-state index contributed by atoms with van der Waals surface area (Å²) < 4.78 is 0. The van der Waals surface area contributed by atoms with Gasteiger partial charge in [0.25, 0.3) is 0 Å². The van der Waals surface area contributed by atoms with Gasteiger partial charge in [0.2, 0.25) is 0 Å². The Kier molecular flexibility index (Phi) is 7.28. The molecule has 0 aliphatic rings. The highest BCUT2D eigenvalue weighted by Crippen LogP contribution is 2.20. The molecule has 1 aromatic carbocycles. The van der Waals surface area contributed by atoms with Crippen LogP contribution in [0.1, 0.15) is 44.4 Å². The fourth-order valence-electron chi connectivity index (χ4n) is 1.68. The molecule has 0 heterocycles. The first-order valence-corrected chi connectivity index (χ1v) is 6.05. The number of rotatable bonds is 4. The molecule has 0 N–H and O–H groups in total. The molecule has 0 saturated carbocycles. The van der Waals surface area contributed by atoms with Crippen molar-refractivity contribution >= 4 is 12.2 Å². The molecule has 0 amide bonds. The SMILES string of the molecule is C=Cc1cccc(CC(C)C)c1C=C.CC. The molecule has 0 nitrogen and oxygen atoms in total. The van der Waals surface area contributed by atoms with Crippen LogP contribution >= 0.6 is 0 Å². The molecule has 0 aliphatic carbocycles. The van der Waals surface area contributed by atoms with E-state index in [1.54, 1.807) is 0 Å². The molecule has 1 aromatic rings. The van der Waals surface area contributed by atoms with Crippen LogP contribution in [0, 0.1) is 5.92 Å². The van der Waals surface area contributed by atoms with Gasteiger partial charge in [0.15, 0.2) is 0 Å². The van der Waals surface area contributed by atoms with E-state index in [-0.39, 0.29) is 0 Å². The summed E-state index contributed by atoms with van der Waals surface area (Å²) in [6.45, 7) is 16.1. The van der Waals surface area contributed by atoms with E-state index >= 15 is 0 Å². The molecule has 0 bridgehead atoms. The Labute approximate surface area is 101 Å². The van der Waals surface area contributed by atoms with Gasteiger partial charge in [-0.05, 0) is 29.0 Å². The second-order valence-corrected chi connectivity index (χ2v) is 3.93. The number of hydrogen-bond acceptors (Lipinski definition) is 0. The second kappa shape index (κ2) is 7.92. The van der Waals surface area contributed by atoms with E-state index in [1.165, 1.54) is 16.7 Å². The first-order chi connectivity index (χ1) is 7.69. The highest BCUT2D eigenvalue weighted by molar-refractivity contribution is 5.66. The quantitative estimate of drug-likeness (QED) is 0.649. The molecule has 0 atom stereocenters. The predicted octanol–water partition coefficient (Wildman–Crippen LogP) is 5.20. The van der Waals surface area contributed by atoms with Crippen molar-refractivity contribution in [2.75, 3.05) is 0 Å². The molecular weight excluding hydrogens is 192 g/mol. The Balaban J connectivity index is 0.00000106. The van der Waals surface area contributed by atoms with Crippen LogP contribution in [0.25, 0.3) is 12.2 Å². The third kappa shape index (κ3) is 4.06. The van der Waals surface area contributed by atoms with Crippen LogP contribution in [0.15, 0.2) is 31.4 Å². The largest absolute Gasteiger partial charge is 0.0984 e. The lowest BCUT2D eigenvalue weighted by molar-refractivity contribution is 0.646. The Bertz CT molecular complexity index is 332. The second-order valence-electron chi connectivity index (χ2n) is 3.93. The van der Waals surface area contributed by atoms with Gasteiger partial charge in [-0.1, -0.05) is 71.2 Å². The zero-order chi connectivity index (χ0) is 12.6. The fourth-order valence-corrected chi connectivity index (χ4v) is 1.68. The van der Waals surface area contributed by atoms with Crippen molar-refractivity contribution < 1.29 is 0 Å². The van der Waals surface area contributed by atoms with E-state index in [4.69, 9.17) is 0 Å². The molecule has 0 spiro atoms. The van der Waals surface area contributed by atoms with Gasteiger partial charge in [-0.3, -0.25) is 0 Å². The maximum Gasteiger partial charge on any atom is -0.0158 e. The summed E-state index contributed by atoms with van der Waals surface area (Å²) in [6.07, 6.45) is 4.92. The monoisotopic (exact) mass is 216 g/mol. The zero-order valence-corrected chi connectivity index (χ0v) is 11.1. The van der Waals surface area contributed by atoms with Crippen LogP contribution in [-0.2, 0) is 6.42 Å². The zero-order valence-electron chi connectivity index (χ0n) is 11.1. The van der Waals surface area contributed by atoms with E-state index < -0.39 is 0 Å². The van der Waals surface area contributed by atoms with Crippen molar-refractivity contribution in [3.8, 4) is 0 Å². The Morgan fingerprint density at radius 1 is 1.12 bits per heavy atom. The summed E-state index contributed by atoms with van der Waals surface area (Å²) in [6, 6.07) is 6.33. The molecule has 0 aliphatic heterocycles. The van der Waals surface area contributed by atoms with Gasteiger partial charge < -0.3 is 0 Å². The minimum atomic E-state index is 0.675. The van der Waals surface area contributed by atoms with Crippen LogP contribution in [0.2, 0.25) is 0 Å². The van der Waals surface area contributed by atoms with Gasteiger partial charge in [-0.2, -0.15) is 0 Å². The van der Waals surface area contributed by atoms with E-state index in [2.05, 4.69) is 45.2 Å². The maximum atomic E-state index is 3.86. The summed E-state index contributed by atoms with van der Waals surface area (Å²) in [5.74, 6) is 0.675. The Morgan fingerprint density at radius 3 is 2.19 bits per heavy atom. The van der Waals surface area contributed by atoms with Crippen molar-refractivity contribution in [1.82, 2.24) is 0 Å². The van der Waals surface area contributed by atoms with Crippen LogP contribution in [-0.4, -0.2) is 0 Å². The van der Waals surface area contributed by atoms with Gasteiger partial charge in [-0.15, -0.1) is 0 Å². The molecule has 0 fully saturated rings. The van der Waals surface area contributed by atoms with Gasteiger partial charge >= 0.3 is 0 Å². The fraction of sp³-hybridized carbons (Fsp3) is 0.375. The van der Waals surface area contributed by atoms with Gasteiger partial charge in [-0.25, -0.2) is 0 Å². The summed E-state index contributed by atoms with van der Waals surface area (Å²) >= 11 is 0. The van der Waals surface area contributed by atoms with E-state index in [9.17, 15) is 0 Å². The summed E-state index contributed by atoms with van der Waals surface area (Å²) in [5, 5.41) is 0. The summed E-state index contributed by atoms with van der Waals surface area (Å²) in [7, 11) is 0. The molecule has 1 rings (SSSR count). The van der Waals surface area contributed by atoms with Crippen molar-refractivity contribution in [2.24, 2.45) is 5.92 Å². The molecular formula is C16H24. The first-order valence-electron chi connectivity index (χ1n) is 6.05. The van der Waals surface area contributed by atoms with E-state index in [0.29, 0.717) is 5.92 Å². The summed E-state index contributed by atoms with van der Waals surface area (Å²) in [5.41, 5.74) is 3.78. The van der Waals surface area contributed by atoms with Crippen molar-refractivity contribution in [2.45, 2.75) is 34.1 Å². The van der Waals surface area contributed by atoms with Crippen LogP contribution in [0.3, 0.4) is 0 Å². The van der Waals surface area contributed by atoms with Gasteiger partial charge in [0.05, 0.1) is 0 Å². The minimum absolute atomic E-state index is 0.675. The average Bonchev–Trinajstić information content (AvgIpc) is 2.30. The molecule has 0 radical (unpaired) electrons. The topological polar surface area (TPSA) is 0 Å². The first kappa shape index (κ1) is 14.7. The van der Waals surface area contributed by atoms with E-state index in [1.807, 2.05) is 26.0 Å². The lowest BCUT2D eigenvalue weighted by atomic mass is 9.94. The molecule has 0 unspecified atom stereocenters. The Hall–Kier alpha value is -1.30. The minimum Gasteiger partial charge on any atom is -0.0984 e. The normalized spacial score (nSPS) is 9.31. The molecule has 0 saturated heterocycles. The average molecular weight is 216 g/mol. The maximum absolute atomic E-state index is 3.86. The van der Waals surface area contributed by atoms with Gasteiger partial charge in [0.1, 0.15) is 0 Å². The number of benzene rings is 1. The van der Waals surface area contributed by atoms with Crippen LogP contribution < -0.4 is 0 Å². The van der Waals surface area contributed by atoms with Crippen LogP contribution in [0.4, 0.5) is 0 Å². The van der Waals surface area contributed by atoms with Crippen molar-refractivity contribution in [3.05, 3.63) is 48.0 Å². The highest BCUT2D eigenvalue weighted by Gasteiger charge is 2.04. The van der Waals surface area contributed by atoms with Crippen molar-refractivity contribution in [3.63, 3.8) is 0 Å². The van der Waals surface area contributed by atoms with Crippen LogP contribution in [0.5, 0.6) is 0 Å². The molecule has 16 heavy (non-hydrogen) atoms. The molecule has 0 heteroatoms. The standard InChI is InChI=1S/C14H18.C2H6/c1-5-12-8-7-9-13(10-11(3)4)14(12)6-2;1-2/h5-9,11H,1-2,10H2,3-4H3;1-2H3. The smallest absolute Gasteiger partial charge is 0.0158 e. The third-order valence-corrected chi connectivity index (χ3v) is 2.28. The van der Waals surface area contributed by atoms with Crippen molar-refractivity contribution in [1.29, 1.82) is 0 Å². The van der Waals surface area contributed by atoms with E-state index in [0.717, 1.165) is 6.42 Å². The Morgan fingerprint density at radius 2 is 1.75 bits per heavy atom. The highest BCUT2D eigenvalue weighted by atomic mass is 14.1. The predicted molar refractivity (Wildman–Crippen MR) is 76.5 cm³/mol. The molecule has 0 aromatic heterocycles. The number of hydrogen-bond donors (Lipinski definition) is 0. The van der Waals surface area contributed by atoms with Gasteiger partial charge in [0, 0.05) is 0 Å².